The third kappa shape index (κ3) is 4.16. The van der Waals surface area contributed by atoms with Gasteiger partial charge in [-0.05, 0) is 37.1 Å². The molecular weight excluding hydrogens is 359 g/mol. The Morgan fingerprint density at radius 3 is 2.88 bits per heavy atom. The molecule has 26 heavy (non-hydrogen) atoms. The normalized spacial score (nSPS) is 17.8. The van der Waals surface area contributed by atoms with Crippen LogP contribution in [0.15, 0.2) is 30.5 Å². The fourth-order valence-electron chi connectivity index (χ4n) is 2.99. The summed E-state index contributed by atoms with van der Waals surface area (Å²) in [5.41, 5.74) is 2.40. The number of aromatic nitrogens is 2. The quantitative estimate of drug-likeness (QED) is 0.880. The lowest BCUT2D eigenvalue weighted by atomic mass is 10.2. The first kappa shape index (κ1) is 18.7. The lowest BCUT2D eigenvalue weighted by Gasteiger charge is -2.23. The van der Waals surface area contributed by atoms with Crippen molar-refractivity contribution >= 4 is 23.3 Å². The van der Waals surface area contributed by atoms with Crippen LogP contribution in [0.2, 0.25) is 5.02 Å². The predicted octanol–water partition coefficient (Wildman–Crippen LogP) is 3.68. The van der Waals surface area contributed by atoms with Crippen molar-refractivity contribution in [3.63, 3.8) is 0 Å². The molecular formula is C18H22ClFN4O2. The maximum absolute atomic E-state index is 13.0. The third-order valence-corrected chi connectivity index (χ3v) is 4.58. The number of rotatable bonds is 4. The Kier molecular flexibility index (Phi) is 6.11. The molecule has 0 bridgehead atoms. The Morgan fingerprint density at radius 2 is 2.19 bits per heavy atom. The second kappa shape index (κ2) is 8.51. The summed E-state index contributed by atoms with van der Waals surface area (Å²) >= 11 is 5.94. The van der Waals surface area contributed by atoms with Crippen LogP contribution in [0.5, 0.6) is 0 Å². The van der Waals surface area contributed by atoms with Gasteiger partial charge in [0.2, 0.25) is 0 Å². The number of ether oxygens (including phenoxy) is 1. The number of halogens is 2. The fourth-order valence-corrected chi connectivity index (χ4v) is 3.12. The summed E-state index contributed by atoms with van der Waals surface area (Å²) < 4.78 is 20.1. The van der Waals surface area contributed by atoms with E-state index in [4.69, 9.17) is 16.3 Å². The summed E-state index contributed by atoms with van der Waals surface area (Å²) in [6, 6.07) is 7.07. The molecule has 1 aliphatic rings. The van der Waals surface area contributed by atoms with E-state index in [2.05, 4.69) is 10.4 Å². The third-order valence-electron chi connectivity index (χ3n) is 4.33. The Labute approximate surface area is 156 Å². The largest absolute Gasteiger partial charge is 0.374 e. The van der Waals surface area contributed by atoms with E-state index in [1.807, 2.05) is 19.1 Å². The lowest BCUT2D eigenvalue weighted by molar-refractivity contribution is 0.0409. The van der Waals surface area contributed by atoms with Crippen LogP contribution in [0, 0.1) is 0 Å². The van der Waals surface area contributed by atoms with Crippen LogP contribution in [0.1, 0.15) is 19.0 Å². The number of carbonyl (C=O) groups excluding carboxylic acids is 1. The van der Waals surface area contributed by atoms with E-state index in [1.165, 1.54) is 0 Å². The van der Waals surface area contributed by atoms with Crippen molar-refractivity contribution in [2.75, 3.05) is 31.7 Å². The molecule has 0 spiro atoms. The van der Waals surface area contributed by atoms with Crippen molar-refractivity contribution in [2.24, 2.45) is 0 Å². The number of carbonyl (C=O) groups is 1. The Balaban J connectivity index is 1.77. The van der Waals surface area contributed by atoms with Crippen LogP contribution >= 0.6 is 11.6 Å². The molecule has 0 aliphatic carbocycles. The Bertz CT molecular complexity index is 750. The summed E-state index contributed by atoms with van der Waals surface area (Å²) in [6.45, 7) is 2.65. The minimum Gasteiger partial charge on any atom is -0.374 e. The van der Waals surface area contributed by atoms with Gasteiger partial charge in [-0.2, -0.15) is 5.10 Å². The van der Waals surface area contributed by atoms with E-state index in [9.17, 15) is 9.18 Å². The van der Waals surface area contributed by atoms with Crippen LogP contribution in [0.4, 0.5) is 14.9 Å². The molecule has 1 N–H and O–H groups in total. The standard InChI is InChI=1S/C18H22ClFN4O2/c1-2-17-16(11-21-24(17)14-6-4-13(19)5-7-14)22-18(25)23-8-3-9-26-15(10-20)12-23/h4-7,11,15H,2-3,8-10,12H2,1H3,(H,22,25). The summed E-state index contributed by atoms with van der Waals surface area (Å²) in [5, 5.41) is 7.95. The van der Waals surface area contributed by atoms with E-state index in [-0.39, 0.29) is 12.6 Å². The highest BCUT2D eigenvalue weighted by Crippen LogP contribution is 2.22. The number of nitrogens with zero attached hydrogens (tertiary/aromatic N) is 3. The van der Waals surface area contributed by atoms with Crippen molar-refractivity contribution in [1.29, 1.82) is 0 Å². The van der Waals surface area contributed by atoms with E-state index >= 15 is 0 Å². The molecule has 8 heteroatoms. The van der Waals surface area contributed by atoms with Crippen LogP contribution in [0.25, 0.3) is 5.69 Å². The fraction of sp³-hybridized carbons (Fsp3) is 0.444. The summed E-state index contributed by atoms with van der Waals surface area (Å²) in [6.07, 6.45) is 2.45. The minimum absolute atomic E-state index is 0.245. The molecule has 3 rings (SSSR count). The molecule has 140 valence electrons. The van der Waals surface area contributed by atoms with Gasteiger partial charge in [-0.15, -0.1) is 0 Å². The van der Waals surface area contributed by atoms with Gasteiger partial charge in [-0.25, -0.2) is 13.9 Å². The van der Waals surface area contributed by atoms with Crippen molar-refractivity contribution < 1.29 is 13.9 Å². The first-order chi connectivity index (χ1) is 12.6. The zero-order chi connectivity index (χ0) is 18.5. The number of amides is 2. The van der Waals surface area contributed by atoms with Crippen LogP contribution in [0.3, 0.4) is 0 Å². The van der Waals surface area contributed by atoms with E-state index in [1.54, 1.807) is 27.9 Å². The molecule has 1 aromatic carbocycles. The Morgan fingerprint density at radius 1 is 1.42 bits per heavy atom. The molecule has 2 aromatic rings. The number of nitrogens with one attached hydrogen (secondary N) is 1. The lowest BCUT2D eigenvalue weighted by Crippen LogP contribution is -2.40. The minimum atomic E-state index is -0.599. The average molecular weight is 381 g/mol. The number of alkyl halides is 1. The molecule has 2 heterocycles. The second-order valence-corrected chi connectivity index (χ2v) is 6.56. The first-order valence-electron chi connectivity index (χ1n) is 8.68. The highest BCUT2D eigenvalue weighted by molar-refractivity contribution is 6.30. The first-order valence-corrected chi connectivity index (χ1v) is 9.06. The SMILES string of the molecule is CCc1c(NC(=O)N2CCCOC(CF)C2)cnn1-c1ccc(Cl)cc1. The predicted molar refractivity (Wildman–Crippen MR) is 98.9 cm³/mol. The molecule has 1 fully saturated rings. The van der Waals surface area contributed by atoms with E-state index in [0.717, 1.165) is 11.4 Å². The van der Waals surface area contributed by atoms with E-state index < -0.39 is 12.8 Å². The second-order valence-electron chi connectivity index (χ2n) is 6.12. The van der Waals surface area contributed by atoms with Gasteiger partial charge < -0.3 is 15.0 Å². The molecule has 1 unspecified atom stereocenters. The van der Waals surface area contributed by atoms with Gasteiger partial charge in [0.15, 0.2) is 0 Å². The van der Waals surface area contributed by atoms with Crippen molar-refractivity contribution in [1.82, 2.24) is 14.7 Å². The number of hydrogen-bond donors (Lipinski definition) is 1. The smallest absolute Gasteiger partial charge is 0.322 e. The Hall–Kier alpha value is -2.12. The van der Waals surface area contributed by atoms with Crippen molar-refractivity contribution in [3.05, 3.63) is 41.2 Å². The van der Waals surface area contributed by atoms with Gasteiger partial charge in [0, 0.05) is 18.2 Å². The number of anilines is 1. The van der Waals surface area contributed by atoms with Crippen LogP contribution in [-0.4, -0.2) is 53.2 Å². The molecule has 0 saturated carbocycles. The van der Waals surface area contributed by atoms with Gasteiger partial charge in [0.05, 0.1) is 29.8 Å². The van der Waals surface area contributed by atoms with Crippen LogP contribution in [-0.2, 0) is 11.2 Å². The maximum atomic E-state index is 13.0. The molecule has 1 saturated heterocycles. The summed E-state index contributed by atoms with van der Waals surface area (Å²) in [7, 11) is 0. The molecule has 1 atom stereocenters. The van der Waals surface area contributed by atoms with Gasteiger partial charge >= 0.3 is 6.03 Å². The summed E-state index contributed by atoms with van der Waals surface area (Å²) in [5.74, 6) is 0. The number of benzene rings is 1. The highest BCUT2D eigenvalue weighted by Gasteiger charge is 2.23. The van der Waals surface area contributed by atoms with Gasteiger partial charge in [0.1, 0.15) is 12.8 Å². The zero-order valence-corrected chi connectivity index (χ0v) is 15.4. The maximum Gasteiger partial charge on any atom is 0.322 e. The molecule has 6 nitrogen and oxygen atoms in total. The molecule has 1 aliphatic heterocycles. The van der Waals surface area contributed by atoms with Crippen molar-refractivity contribution in [2.45, 2.75) is 25.9 Å². The zero-order valence-electron chi connectivity index (χ0n) is 14.6. The van der Waals surface area contributed by atoms with Gasteiger partial charge in [-0.3, -0.25) is 0 Å². The van der Waals surface area contributed by atoms with E-state index in [0.29, 0.717) is 36.7 Å². The monoisotopic (exact) mass is 380 g/mol. The topological polar surface area (TPSA) is 59.4 Å². The number of urea groups is 1. The molecule has 1 aromatic heterocycles. The molecule has 0 radical (unpaired) electrons. The number of hydrogen-bond acceptors (Lipinski definition) is 3. The van der Waals surface area contributed by atoms with Gasteiger partial charge in [-0.1, -0.05) is 18.5 Å². The summed E-state index contributed by atoms with van der Waals surface area (Å²) in [4.78, 5) is 14.2. The highest BCUT2D eigenvalue weighted by atomic mass is 35.5. The van der Waals surface area contributed by atoms with Crippen molar-refractivity contribution in [3.8, 4) is 5.69 Å². The van der Waals surface area contributed by atoms with Crippen LogP contribution < -0.4 is 5.32 Å². The average Bonchev–Trinajstić information content (AvgIpc) is 2.89. The van der Waals surface area contributed by atoms with Gasteiger partial charge in [0.25, 0.3) is 0 Å². The molecule has 2 amide bonds.